The summed E-state index contributed by atoms with van der Waals surface area (Å²) in [5.74, 6) is 0.782. The van der Waals surface area contributed by atoms with Crippen molar-refractivity contribution in [1.82, 2.24) is 14.5 Å². The number of hydrogen-bond acceptors (Lipinski definition) is 5. The fraction of sp³-hybridized carbons (Fsp3) is 0.500. The molecule has 1 fully saturated rings. The van der Waals surface area contributed by atoms with Gasteiger partial charge in [-0.2, -0.15) is 0 Å². The van der Waals surface area contributed by atoms with E-state index in [4.69, 9.17) is 11.6 Å². The van der Waals surface area contributed by atoms with Crippen LogP contribution in [0.25, 0.3) is 0 Å². The number of piperazine rings is 1. The van der Waals surface area contributed by atoms with Crippen molar-refractivity contribution in [2.75, 3.05) is 37.6 Å². The summed E-state index contributed by atoms with van der Waals surface area (Å²) in [5, 5.41) is 11.8. The quantitative estimate of drug-likeness (QED) is 0.420. The minimum Gasteiger partial charge on any atom is -0.369 e. The Labute approximate surface area is 158 Å². The molecular weight excluding hydrogens is 354 g/mol. The van der Waals surface area contributed by atoms with Gasteiger partial charge in [-0.15, -0.1) is 0 Å². The van der Waals surface area contributed by atoms with Gasteiger partial charge in [0, 0.05) is 43.8 Å². The Morgan fingerprint density at radius 2 is 1.92 bits per heavy atom. The average molecular weight is 378 g/mol. The Hall–Kier alpha value is -2.12. The number of unbranched alkanes of at least 4 members (excludes halogenated alkanes) is 1. The maximum Gasteiger partial charge on any atom is 0.342 e. The lowest BCUT2D eigenvalue weighted by Gasteiger charge is -2.36. The van der Waals surface area contributed by atoms with E-state index in [-0.39, 0.29) is 10.7 Å². The SMILES string of the molecule is Cc1ncc([N+](=O)[O-])n1CCCCN1CCN(c2cccc(Cl)c2)CC1. The first-order valence-corrected chi connectivity index (χ1v) is 9.32. The fourth-order valence-electron chi connectivity index (χ4n) is 3.39. The van der Waals surface area contributed by atoms with E-state index in [9.17, 15) is 10.1 Å². The largest absolute Gasteiger partial charge is 0.369 e. The number of benzene rings is 1. The summed E-state index contributed by atoms with van der Waals surface area (Å²) in [6.07, 6.45) is 3.27. The van der Waals surface area contributed by atoms with Gasteiger partial charge in [0.05, 0.1) is 6.54 Å². The molecule has 0 bridgehead atoms. The average Bonchev–Trinajstić information content (AvgIpc) is 3.00. The molecule has 0 radical (unpaired) electrons. The Morgan fingerprint density at radius 1 is 1.19 bits per heavy atom. The molecule has 2 aromatic rings. The highest BCUT2D eigenvalue weighted by atomic mass is 35.5. The third-order valence-electron chi connectivity index (χ3n) is 4.87. The number of nitro groups is 1. The molecule has 0 amide bonds. The molecule has 3 rings (SSSR count). The lowest BCUT2D eigenvalue weighted by molar-refractivity contribution is -0.392. The van der Waals surface area contributed by atoms with Crippen LogP contribution in [0.15, 0.2) is 30.5 Å². The van der Waals surface area contributed by atoms with Gasteiger partial charge in [0.2, 0.25) is 0 Å². The zero-order valence-corrected chi connectivity index (χ0v) is 15.7. The van der Waals surface area contributed by atoms with Crippen molar-refractivity contribution in [3.05, 3.63) is 51.4 Å². The van der Waals surface area contributed by atoms with Gasteiger partial charge in [-0.1, -0.05) is 17.7 Å². The van der Waals surface area contributed by atoms with Crippen LogP contribution in [0, 0.1) is 17.0 Å². The molecule has 0 unspecified atom stereocenters. The van der Waals surface area contributed by atoms with Crippen molar-refractivity contribution in [2.45, 2.75) is 26.3 Å². The summed E-state index contributed by atoms with van der Waals surface area (Å²) in [6, 6.07) is 7.99. The Kier molecular flexibility index (Phi) is 6.11. The molecule has 0 saturated carbocycles. The highest BCUT2D eigenvalue weighted by Gasteiger charge is 2.19. The predicted octanol–water partition coefficient (Wildman–Crippen LogP) is 3.36. The summed E-state index contributed by atoms with van der Waals surface area (Å²) in [6.45, 7) is 7.50. The second kappa shape index (κ2) is 8.51. The molecule has 0 atom stereocenters. The van der Waals surface area contributed by atoms with Crippen LogP contribution >= 0.6 is 11.6 Å². The second-order valence-corrected chi connectivity index (χ2v) is 7.02. The molecular formula is C18H24ClN5O2. The van der Waals surface area contributed by atoms with E-state index < -0.39 is 0 Å². The Balaban J connectivity index is 1.41. The van der Waals surface area contributed by atoms with Crippen LogP contribution in [0.4, 0.5) is 11.5 Å². The second-order valence-electron chi connectivity index (χ2n) is 6.59. The van der Waals surface area contributed by atoms with E-state index in [1.807, 2.05) is 25.1 Å². The summed E-state index contributed by atoms with van der Waals surface area (Å²) in [4.78, 5) is 19.5. The van der Waals surface area contributed by atoms with Gasteiger partial charge in [0.25, 0.3) is 0 Å². The van der Waals surface area contributed by atoms with Gasteiger partial charge >= 0.3 is 5.82 Å². The van der Waals surface area contributed by atoms with E-state index in [1.165, 1.54) is 11.9 Å². The van der Waals surface area contributed by atoms with Crippen molar-refractivity contribution in [2.24, 2.45) is 0 Å². The molecule has 0 N–H and O–H groups in total. The van der Waals surface area contributed by atoms with Crippen LogP contribution in [0.3, 0.4) is 0 Å². The molecule has 1 aliphatic heterocycles. The number of halogens is 1. The molecule has 7 nitrogen and oxygen atoms in total. The minimum atomic E-state index is -0.366. The van der Waals surface area contributed by atoms with E-state index in [2.05, 4.69) is 20.9 Å². The molecule has 1 aromatic heterocycles. The van der Waals surface area contributed by atoms with Crippen molar-refractivity contribution < 1.29 is 4.92 Å². The van der Waals surface area contributed by atoms with Crippen LogP contribution in [0.5, 0.6) is 0 Å². The van der Waals surface area contributed by atoms with Crippen molar-refractivity contribution in [1.29, 1.82) is 0 Å². The Morgan fingerprint density at radius 3 is 2.62 bits per heavy atom. The normalized spacial score (nSPS) is 15.4. The molecule has 2 heterocycles. The molecule has 8 heteroatoms. The standard InChI is InChI=1S/C18H24ClN5O2/c1-15-20-14-18(24(25)26)23(15)8-3-2-7-21-9-11-22(12-10-21)17-6-4-5-16(19)13-17/h4-6,13-14H,2-3,7-12H2,1H3. The highest BCUT2D eigenvalue weighted by Crippen LogP contribution is 2.21. The maximum absolute atomic E-state index is 11.0. The highest BCUT2D eigenvalue weighted by molar-refractivity contribution is 6.30. The number of rotatable bonds is 7. The first-order valence-electron chi connectivity index (χ1n) is 8.94. The fourth-order valence-corrected chi connectivity index (χ4v) is 3.57. The molecule has 26 heavy (non-hydrogen) atoms. The van der Waals surface area contributed by atoms with Gasteiger partial charge in [0.1, 0.15) is 6.20 Å². The van der Waals surface area contributed by atoms with Crippen LogP contribution in [0.2, 0.25) is 5.02 Å². The summed E-state index contributed by atoms with van der Waals surface area (Å²) in [5.41, 5.74) is 1.18. The lowest BCUT2D eigenvalue weighted by Crippen LogP contribution is -2.46. The number of anilines is 1. The van der Waals surface area contributed by atoms with E-state index in [0.717, 1.165) is 50.6 Å². The van der Waals surface area contributed by atoms with Gasteiger partial charge < -0.3 is 15.0 Å². The van der Waals surface area contributed by atoms with Gasteiger partial charge in [-0.3, -0.25) is 4.90 Å². The van der Waals surface area contributed by atoms with Crippen molar-refractivity contribution >= 4 is 23.1 Å². The van der Waals surface area contributed by atoms with E-state index >= 15 is 0 Å². The van der Waals surface area contributed by atoms with Crippen LogP contribution < -0.4 is 4.90 Å². The zero-order chi connectivity index (χ0) is 18.5. The van der Waals surface area contributed by atoms with Gasteiger partial charge in [0.15, 0.2) is 5.82 Å². The topological polar surface area (TPSA) is 67.4 Å². The first kappa shape index (κ1) is 18.7. The van der Waals surface area contributed by atoms with Gasteiger partial charge in [-0.05, 0) is 42.5 Å². The monoisotopic (exact) mass is 377 g/mol. The Bertz CT molecular complexity index is 756. The number of imidazole rings is 1. The van der Waals surface area contributed by atoms with Crippen molar-refractivity contribution in [3.63, 3.8) is 0 Å². The summed E-state index contributed by atoms with van der Waals surface area (Å²) < 4.78 is 1.69. The third kappa shape index (κ3) is 4.53. The first-order chi connectivity index (χ1) is 12.5. The third-order valence-corrected chi connectivity index (χ3v) is 5.11. The summed E-state index contributed by atoms with van der Waals surface area (Å²) in [7, 11) is 0. The molecule has 1 aromatic carbocycles. The summed E-state index contributed by atoms with van der Waals surface area (Å²) >= 11 is 6.08. The molecule has 0 aliphatic carbocycles. The number of hydrogen-bond donors (Lipinski definition) is 0. The van der Waals surface area contributed by atoms with E-state index in [0.29, 0.717) is 12.4 Å². The van der Waals surface area contributed by atoms with Crippen LogP contribution in [-0.4, -0.2) is 52.1 Å². The predicted molar refractivity (Wildman–Crippen MR) is 103 cm³/mol. The van der Waals surface area contributed by atoms with Crippen LogP contribution in [-0.2, 0) is 6.54 Å². The number of nitrogens with zero attached hydrogens (tertiary/aromatic N) is 5. The number of aryl methyl sites for hydroxylation is 1. The van der Waals surface area contributed by atoms with Gasteiger partial charge in [-0.25, -0.2) is 9.55 Å². The lowest BCUT2D eigenvalue weighted by atomic mass is 10.2. The van der Waals surface area contributed by atoms with E-state index in [1.54, 1.807) is 4.57 Å². The number of aromatic nitrogens is 2. The molecule has 140 valence electrons. The van der Waals surface area contributed by atoms with Crippen LogP contribution in [0.1, 0.15) is 18.7 Å². The molecule has 1 saturated heterocycles. The smallest absolute Gasteiger partial charge is 0.342 e. The molecule has 0 spiro atoms. The maximum atomic E-state index is 11.0. The minimum absolute atomic E-state index is 0.0811. The van der Waals surface area contributed by atoms with Crippen molar-refractivity contribution in [3.8, 4) is 0 Å². The molecule has 1 aliphatic rings. The zero-order valence-electron chi connectivity index (χ0n) is 15.0.